The zero-order chi connectivity index (χ0) is 14.8. The van der Waals surface area contributed by atoms with Gasteiger partial charge in [0.25, 0.3) is 0 Å². The van der Waals surface area contributed by atoms with Crippen molar-refractivity contribution in [2.45, 2.75) is 50.4 Å². The van der Waals surface area contributed by atoms with Crippen molar-refractivity contribution < 1.29 is 13.6 Å². The Bertz CT molecular complexity index is 475. The summed E-state index contributed by atoms with van der Waals surface area (Å²) >= 11 is 0. The molecule has 20 heavy (non-hydrogen) atoms. The van der Waals surface area contributed by atoms with Crippen LogP contribution >= 0.6 is 0 Å². The summed E-state index contributed by atoms with van der Waals surface area (Å²) in [5.74, 6) is -3.55. The lowest BCUT2D eigenvalue weighted by Gasteiger charge is -2.45. The number of primary amides is 1. The molecule has 4 heteroatoms. The van der Waals surface area contributed by atoms with Crippen LogP contribution in [0.15, 0.2) is 30.3 Å². The van der Waals surface area contributed by atoms with E-state index >= 15 is 0 Å². The molecule has 0 aliphatic heterocycles. The topological polar surface area (TPSA) is 43.1 Å². The van der Waals surface area contributed by atoms with E-state index in [9.17, 15) is 13.6 Å². The van der Waals surface area contributed by atoms with E-state index in [1.165, 1.54) is 0 Å². The maximum atomic E-state index is 13.7. The van der Waals surface area contributed by atoms with Crippen LogP contribution in [-0.2, 0) is 10.2 Å². The van der Waals surface area contributed by atoms with E-state index in [-0.39, 0.29) is 19.3 Å². The summed E-state index contributed by atoms with van der Waals surface area (Å²) in [4.78, 5) is 12.2. The van der Waals surface area contributed by atoms with Gasteiger partial charge in [0.2, 0.25) is 11.8 Å². The lowest BCUT2D eigenvalue weighted by Crippen LogP contribution is -2.52. The number of benzene rings is 1. The zero-order valence-electron chi connectivity index (χ0n) is 11.7. The quantitative estimate of drug-likeness (QED) is 0.899. The number of alkyl halides is 2. The van der Waals surface area contributed by atoms with E-state index in [1.807, 2.05) is 37.3 Å². The van der Waals surface area contributed by atoms with Crippen molar-refractivity contribution in [3.05, 3.63) is 35.9 Å². The SMILES string of the molecule is CCCC1CC(F)(F)CCC1(C(N)=O)c1ccccc1. The lowest BCUT2D eigenvalue weighted by atomic mass is 9.60. The Morgan fingerprint density at radius 2 is 1.95 bits per heavy atom. The van der Waals surface area contributed by atoms with Crippen molar-refractivity contribution in [3.8, 4) is 0 Å². The van der Waals surface area contributed by atoms with E-state index < -0.39 is 23.2 Å². The first kappa shape index (κ1) is 14.9. The first-order valence-corrected chi connectivity index (χ1v) is 7.15. The van der Waals surface area contributed by atoms with Gasteiger partial charge in [0.1, 0.15) is 0 Å². The summed E-state index contributed by atoms with van der Waals surface area (Å²) in [6, 6.07) is 9.17. The number of halogens is 2. The van der Waals surface area contributed by atoms with Gasteiger partial charge in [0.05, 0.1) is 5.41 Å². The Morgan fingerprint density at radius 1 is 1.30 bits per heavy atom. The molecule has 1 aromatic carbocycles. The Balaban J connectivity index is 2.47. The van der Waals surface area contributed by atoms with Crippen LogP contribution in [0.3, 0.4) is 0 Å². The second kappa shape index (κ2) is 5.51. The lowest BCUT2D eigenvalue weighted by molar-refractivity contribution is -0.135. The fourth-order valence-electron chi connectivity index (χ4n) is 3.50. The molecule has 2 atom stereocenters. The second-order valence-corrected chi connectivity index (χ2v) is 5.75. The third kappa shape index (κ3) is 2.56. The largest absolute Gasteiger partial charge is 0.369 e. The van der Waals surface area contributed by atoms with Gasteiger partial charge >= 0.3 is 0 Å². The molecule has 110 valence electrons. The smallest absolute Gasteiger partial charge is 0.248 e. The molecule has 0 spiro atoms. The normalized spacial score (nSPS) is 29.1. The summed E-state index contributed by atoms with van der Waals surface area (Å²) in [5.41, 5.74) is 5.49. The zero-order valence-corrected chi connectivity index (χ0v) is 11.7. The van der Waals surface area contributed by atoms with Crippen LogP contribution in [0.25, 0.3) is 0 Å². The Morgan fingerprint density at radius 3 is 2.50 bits per heavy atom. The van der Waals surface area contributed by atoms with Crippen molar-refractivity contribution in [1.82, 2.24) is 0 Å². The van der Waals surface area contributed by atoms with Crippen LogP contribution in [0.4, 0.5) is 8.78 Å². The van der Waals surface area contributed by atoms with Gasteiger partial charge in [-0.15, -0.1) is 0 Å². The van der Waals surface area contributed by atoms with Crippen molar-refractivity contribution in [1.29, 1.82) is 0 Å². The third-order valence-electron chi connectivity index (χ3n) is 4.49. The highest BCUT2D eigenvalue weighted by Crippen LogP contribution is 2.50. The number of amides is 1. The minimum Gasteiger partial charge on any atom is -0.369 e. The van der Waals surface area contributed by atoms with Gasteiger partial charge in [-0.3, -0.25) is 4.79 Å². The third-order valence-corrected chi connectivity index (χ3v) is 4.49. The van der Waals surface area contributed by atoms with Crippen molar-refractivity contribution in [2.75, 3.05) is 0 Å². The number of carbonyl (C=O) groups excluding carboxylic acids is 1. The molecular formula is C16H21F2NO. The van der Waals surface area contributed by atoms with Crippen LogP contribution in [-0.4, -0.2) is 11.8 Å². The maximum absolute atomic E-state index is 13.7. The van der Waals surface area contributed by atoms with Gasteiger partial charge in [0, 0.05) is 12.8 Å². The van der Waals surface area contributed by atoms with Gasteiger partial charge in [-0.2, -0.15) is 0 Å². The van der Waals surface area contributed by atoms with Gasteiger partial charge in [-0.25, -0.2) is 8.78 Å². The molecule has 0 bridgehead atoms. The minimum absolute atomic E-state index is 0.129. The average Bonchev–Trinajstić information content (AvgIpc) is 2.39. The molecule has 1 saturated carbocycles. The number of rotatable bonds is 4. The standard InChI is InChI=1S/C16H21F2NO/c1-2-6-13-11-15(17,18)9-10-16(13,14(19)20)12-7-4-3-5-8-12/h3-5,7-8,13H,2,6,9-11H2,1H3,(H2,19,20). The molecule has 0 aromatic heterocycles. The number of nitrogens with two attached hydrogens (primary N) is 1. The highest BCUT2D eigenvalue weighted by atomic mass is 19.3. The number of hydrogen-bond donors (Lipinski definition) is 1. The molecule has 1 fully saturated rings. The molecular weight excluding hydrogens is 260 g/mol. The molecule has 1 amide bonds. The fraction of sp³-hybridized carbons (Fsp3) is 0.562. The van der Waals surface area contributed by atoms with Gasteiger partial charge in [-0.05, 0) is 24.3 Å². The van der Waals surface area contributed by atoms with Crippen molar-refractivity contribution in [3.63, 3.8) is 0 Å². The van der Waals surface area contributed by atoms with E-state index in [2.05, 4.69) is 0 Å². The molecule has 2 rings (SSSR count). The summed E-state index contributed by atoms with van der Waals surface area (Å²) in [5, 5.41) is 0. The molecule has 1 aliphatic carbocycles. The van der Waals surface area contributed by atoms with Crippen LogP contribution in [0.5, 0.6) is 0 Å². The predicted molar refractivity (Wildman–Crippen MR) is 74.5 cm³/mol. The van der Waals surface area contributed by atoms with Crippen LogP contribution in [0.2, 0.25) is 0 Å². The predicted octanol–water partition coefficient (Wildman–Crippen LogP) is 3.65. The molecule has 2 unspecified atom stereocenters. The van der Waals surface area contributed by atoms with E-state index in [1.54, 1.807) is 0 Å². The van der Waals surface area contributed by atoms with Crippen LogP contribution in [0, 0.1) is 5.92 Å². The first-order chi connectivity index (χ1) is 9.42. The monoisotopic (exact) mass is 281 g/mol. The summed E-state index contributed by atoms with van der Waals surface area (Å²) in [6.45, 7) is 1.95. The minimum atomic E-state index is -2.69. The fourth-order valence-corrected chi connectivity index (χ4v) is 3.50. The molecule has 0 heterocycles. The molecule has 2 nitrogen and oxygen atoms in total. The summed E-state index contributed by atoms with van der Waals surface area (Å²) in [7, 11) is 0. The van der Waals surface area contributed by atoms with E-state index in [4.69, 9.17) is 5.73 Å². The Labute approximate surface area is 118 Å². The highest BCUT2D eigenvalue weighted by molar-refractivity contribution is 5.87. The van der Waals surface area contributed by atoms with Crippen LogP contribution < -0.4 is 5.73 Å². The number of hydrogen-bond acceptors (Lipinski definition) is 1. The van der Waals surface area contributed by atoms with Gasteiger partial charge < -0.3 is 5.73 Å². The summed E-state index contributed by atoms with van der Waals surface area (Å²) < 4.78 is 27.5. The number of carbonyl (C=O) groups is 1. The van der Waals surface area contributed by atoms with E-state index in [0.29, 0.717) is 6.42 Å². The van der Waals surface area contributed by atoms with Crippen molar-refractivity contribution >= 4 is 5.91 Å². The highest BCUT2D eigenvalue weighted by Gasteiger charge is 2.53. The Hall–Kier alpha value is -1.45. The average molecular weight is 281 g/mol. The maximum Gasteiger partial charge on any atom is 0.248 e. The van der Waals surface area contributed by atoms with E-state index in [0.717, 1.165) is 12.0 Å². The van der Waals surface area contributed by atoms with Gasteiger partial charge in [-0.1, -0.05) is 43.7 Å². The van der Waals surface area contributed by atoms with Gasteiger partial charge in [0.15, 0.2) is 0 Å². The molecule has 0 saturated heterocycles. The molecule has 1 aromatic rings. The van der Waals surface area contributed by atoms with Crippen LogP contribution in [0.1, 0.15) is 44.6 Å². The molecule has 2 N–H and O–H groups in total. The Kier molecular flexibility index (Phi) is 4.11. The molecule has 1 aliphatic rings. The first-order valence-electron chi connectivity index (χ1n) is 7.15. The summed E-state index contributed by atoms with van der Waals surface area (Å²) in [6.07, 6.45) is 0.962. The molecule has 0 radical (unpaired) electrons. The van der Waals surface area contributed by atoms with Crippen molar-refractivity contribution in [2.24, 2.45) is 11.7 Å². The second-order valence-electron chi connectivity index (χ2n) is 5.75.